The molecule has 1 atom stereocenters. The molecule has 2 aliphatic heterocycles. The van der Waals surface area contributed by atoms with E-state index in [1.807, 2.05) is 4.90 Å². The second kappa shape index (κ2) is 6.95. The number of nitrogens with zero attached hydrogens (tertiary/aromatic N) is 2. The highest BCUT2D eigenvalue weighted by Crippen LogP contribution is 2.14. The predicted octanol–water partition coefficient (Wildman–Crippen LogP) is -0.142. The summed E-state index contributed by atoms with van der Waals surface area (Å²) in [6, 6.07) is -0.332. The first-order chi connectivity index (χ1) is 9.60. The number of ketones is 2. The summed E-state index contributed by atoms with van der Waals surface area (Å²) in [5, 5.41) is 0. The molecule has 0 aromatic carbocycles. The van der Waals surface area contributed by atoms with Crippen LogP contribution in [0.1, 0.15) is 25.7 Å². The Balaban J connectivity index is 1.95. The maximum absolute atomic E-state index is 12.0. The lowest BCUT2D eigenvalue weighted by molar-refractivity contribution is -0.149. The molecule has 112 valence electrons. The number of methoxy groups -OCH3 is 1. The van der Waals surface area contributed by atoms with Gasteiger partial charge in [-0.25, -0.2) is 0 Å². The van der Waals surface area contributed by atoms with Gasteiger partial charge in [0.2, 0.25) is 0 Å². The molecule has 0 radical (unpaired) electrons. The fourth-order valence-corrected chi connectivity index (χ4v) is 2.79. The Morgan fingerprint density at radius 1 is 1.05 bits per heavy atom. The molecule has 2 heterocycles. The first-order valence-corrected chi connectivity index (χ1v) is 7.18. The van der Waals surface area contributed by atoms with Crippen molar-refractivity contribution in [1.82, 2.24) is 9.80 Å². The molecule has 0 aromatic rings. The minimum Gasteiger partial charge on any atom is -0.468 e. The van der Waals surface area contributed by atoms with Crippen LogP contribution in [0.25, 0.3) is 0 Å². The minimum atomic E-state index is -0.332. The lowest BCUT2D eigenvalue weighted by Crippen LogP contribution is -2.53. The van der Waals surface area contributed by atoms with Crippen molar-refractivity contribution < 1.29 is 19.1 Å². The molecule has 0 spiro atoms. The molecule has 6 heteroatoms. The Bertz CT molecular complexity index is 377. The van der Waals surface area contributed by atoms with Crippen LogP contribution in [0.2, 0.25) is 0 Å². The SMILES string of the molecule is COC(=O)C(CN1CCC(=O)CC1)N1CCC(=O)CC1. The molecule has 0 amide bonds. The molecular weight excluding hydrogens is 260 g/mol. The largest absolute Gasteiger partial charge is 0.468 e. The van der Waals surface area contributed by atoms with E-state index in [2.05, 4.69) is 4.90 Å². The van der Waals surface area contributed by atoms with Gasteiger partial charge >= 0.3 is 5.97 Å². The fraction of sp³-hybridized carbons (Fsp3) is 0.786. The Kier molecular flexibility index (Phi) is 5.25. The average molecular weight is 282 g/mol. The Labute approximate surface area is 119 Å². The van der Waals surface area contributed by atoms with Gasteiger partial charge in [-0.05, 0) is 0 Å². The number of rotatable bonds is 4. The minimum absolute atomic E-state index is 0.253. The van der Waals surface area contributed by atoms with Gasteiger partial charge < -0.3 is 9.64 Å². The molecule has 1 unspecified atom stereocenters. The standard InChI is InChI=1S/C14H22N2O4/c1-20-14(19)13(16-8-4-12(18)5-9-16)10-15-6-2-11(17)3-7-15/h13H,2-10H2,1H3. The van der Waals surface area contributed by atoms with Crippen LogP contribution in [0.4, 0.5) is 0 Å². The molecule has 0 aromatic heterocycles. The third-order valence-corrected chi connectivity index (χ3v) is 4.11. The van der Waals surface area contributed by atoms with E-state index in [9.17, 15) is 14.4 Å². The van der Waals surface area contributed by atoms with Crippen LogP contribution in [0.3, 0.4) is 0 Å². The van der Waals surface area contributed by atoms with E-state index in [4.69, 9.17) is 4.74 Å². The molecule has 2 aliphatic rings. The lowest BCUT2D eigenvalue weighted by atomic mass is 10.0. The van der Waals surface area contributed by atoms with Gasteiger partial charge in [-0.2, -0.15) is 0 Å². The highest BCUT2D eigenvalue weighted by Gasteiger charge is 2.32. The van der Waals surface area contributed by atoms with Gasteiger partial charge in [0.05, 0.1) is 7.11 Å². The third-order valence-electron chi connectivity index (χ3n) is 4.11. The summed E-state index contributed by atoms with van der Waals surface area (Å²) >= 11 is 0. The van der Waals surface area contributed by atoms with Crippen molar-refractivity contribution in [3.63, 3.8) is 0 Å². The fourth-order valence-electron chi connectivity index (χ4n) is 2.79. The third kappa shape index (κ3) is 3.86. The van der Waals surface area contributed by atoms with Crippen molar-refractivity contribution >= 4 is 17.5 Å². The van der Waals surface area contributed by atoms with Gasteiger partial charge in [-0.1, -0.05) is 0 Å². The van der Waals surface area contributed by atoms with Crippen LogP contribution in [0, 0.1) is 0 Å². The second-order valence-corrected chi connectivity index (χ2v) is 5.45. The summed E-state index contributed by atoms with van der Waals surface area (Å²) in [5.41, 5.74) is 0. The first-order valence-electron chi connectivity index (χ1n) is 7.18. The van der Waals surface area contributed by atoms with Crippen molar-refractivity contribution in [2.45, 2.75) is 31.7 Å². The number of Topliss-reactive ketones (excluding diaryl/α,β-unsaturated/α-hetero) is 2. The average Bonchev–Trinajstić information content (AvgIpc) is 2.47. The number of hydrogen-bond acceptors (Lipinski definition) is 6. The molecule has 0 N–H and O–H groups in total. The maximum atomic E-state index is 12.0. The van der Waals surface area contributed by atoms with Crippen molar-refractivity contribution in [1.29, 1.82) is 0 Å². The van der Waals surface area contributed by atoms with Crippen LogP contribution in [0.15, 0.2) is 0 Å². The summed E-state index contributed by atoms with van der Waals surface area (Å²) in [4.78, 5) is 38.7. The zero-order valence-electron chi connectivity index (χ0n) is 12.0. The van der Waals surface area contributed by atoms with E-state index in [1.165, 1.54) is 7.11 Å². The number of carbonyl (C=O) groups excluding carboxylic acids is 3. The number of carbonyl (C=O) groups is 3. The highest BCUT2D eigenvalue weighted by atomic mass is 16.5. The van der Waals surface area contributed by atoms with E-state index >= 15 is 0 Å². The number of hydrogen-bond donors (Lipinski definition) is 0. The van der Waals surface area contributed by atoms with Crippen molar-refractivity contribution in [2.75, 3.05) is 39.8 Å². The molecular formula is C14H22N2O4. The van der Waals surface area contributed by atoms with Crippen molar-refractivity contribution in [3.8, 4) is 0 Å². The number of piperidine rings is 2. The lowest BCUT2D eigenvalue weighted by Gasteiger charge is -2.36. The zero-order chi connectivity index (χ0) is 14.5. The molecule has 0 bridgehead atoms. The quantitative estimate of drug-likeness (QED) is 0.669. The Morgan fingerprint density at radius 3 is 2.05 bits per heavy atom. The summed E-state index contributed by atoms with van der Waals surface area (Å²) < 4.78 is 4.90. The van der Waals surface area contributed by atoms with Gasteiger partial charge in [-0.3, -0.25) is 19.3 Å². The molecule has 0 saturated carbocycles. The first kappa shape index (κ1) is 15.1. The monoisotopic (exact) mass is 282 g/mol. The van der Waals surface area contributed by atoms with Crippen LogP contribution >= 0.6 is 0 Å². The van der Waals surface area contributed by atoms with Crippen LogP contribution < -0.4 is 0 Å². The molecule has 2 saturated heterocycles. The summed E-state index contributed by atoms with van der Waals surface area (Å²) in [5.74, 6) is 0.295. The van der Waals surface area contributed by atoms with Crippen LogP contribution in [-0.4, -0.2) is 73.2 Å². The van der Waals surface area contributed by atoms with E-state index in [0.29, 0.717) is 64.2 Å². The van der Waals surface area contributed by atoms with E-state index in [1.54, 1.807) is 0 Å². The zero-order valence-corrected chi connectivity index (χ0v) is 12.0. The number of likely N-dealkylation sites (tertiary alicyclic amines) is 2. The van der Waals surface area contributed by atoms with Gasteiger partial charge in [0.1, 0.15) is 17.6 Å². The molecule has 2 rings (SSSR count). The van der Waals surface area contributed by atoms with Gasteiger partial charge in [-0.15, -0.1) is 0 Å². The Hall–Kier alpha value is -1.27. The van der Waals surface area contributed by atoms with Crippen LogP contribution in [0.5, 0.6) is 0 Å². The highest BCUT2D eigenvalue weighted by molar-refractivity contribution is 5.81. The van der Waals surface area contributed by atoms with E-state index < -0.39 is 0 Å². The Morgan fingerprint density at radius 2 is 1.55 bits per heavy atom. The molecule has 20 heavy (non-hydrogen) atoms. The number of esters is 1. The predicted molar refractivity (Wildman–Crippen MR) is 72.3 cm³/mol. The summed E-state index contributed by atoms with van der Waals surface area (Å²) in [7, 11) is 1.39. The van der Waals surface area contributed by atoms with E-state index in [-0.39, 0.29) is 17.8 Å². The van der Waals surface area contributed by atoms with Gasteiger partial charge in [0.15, 0.2) is 0 Å². The normalized spacial score (nSPS) is 23.6. The maximum Gasteiger partial charge on any atom is 0.324 e. The van der Waals surface area contributed by atoms with Gasteiger partial charge in [0, 0.05) is 58.4 Å². The summed E-state index contributed by atoms with van der Waals surface area (Å²) in [6.07, 6.45) is 2.14. The van der Waals surface area contributed by atoms with Gasteiger partial charge in [0.25, 0.3) is 0 Å². The van der Waals surface area contributed by atoms with Crippen molar-refractivity contribution in [3.05, 3.63) is 0 Å². The van der Waals surface area contributed by atoms with E-state index in [0.717, 1.165) is 0 Å². The second-order valence-electron chi connectivity index (χ2n) is 5.45. The molecule has 2 fully saturated rings. The van der Waals surface area contributed by atoms with Crippen molar-refractivity contribution in [2.24, 2.45) is 0 Å². The summed E-state index contributed by atoms with van der Waals surface area (Å²) in [6.45, 7) is 3.23. The smallest absolute Gasteiger partial charge is 0.324 e. The number of ether oxygens (including phenoxy) is 1. The molecule has 6 nitrogen and oxygen atoms in total. The molecule has 0 aliphatic carbocycles. The topological polar surface area (TPSA) is 66.9 Å². The van der Waals surface area contributed by atoms with Crippen LogP contribution in [-0.2, 0) is 19.1 Å².